The van der Waals surface area contributed by atoms with Gasteiger partial charge in [-0.1, -0.05) is 15.9 Å². The number of nitrogens with zero attached hydrogens (tertiary/aromatic N) is 2. The molecule has 182 valence electrons. The lowest BCUT2D eigenvalue weighted by molar-refractivity contribution is -0.146. The molecule has 3 aliphatic carbocycles. The van der Waals surface area contributed by atoms with Crippen LogP contribution in [0.2, 0.25) is 0 Å². The molecule has 0 unspecified atom stereocenters. The number of carbonyl (C=O) groups excluding carboxylic acids is 3. The van der Waals surface area contributed by atoms with Crippen LogP contribution in [0, 0.1) is 11.7 Å². The monoisotopic (exact) mass is 535 g/mol. The second-order valence-electron chi connectivity index (χ2n) is 9.97. The third kappa shape index (κ3) is 4.31. The number of amides is 3. The van der Waals surface area contributed by atoms with Crippen molar-refractivity contribution in [1.82, 2.24) is 21.0 Å². The molecule has 0 aromatic heterocycles. The number of carbonyl (C=O) groups is 3. The van der Waals surface area contributed by atoms with Crippen LogP contribution in [0.3, 0.4) is 0 Å². The molecule has 3 saturated carbocycles. The number of hydrogen-bond acceptors (Lipinski definition) is 6. The molecule has 1 aromatic carbocycles. The highest BCUT2D eigenvalue weighted by Crippen LogP contribution is 2.56. The van der Waals surface area contributed by atoms with Crippen molar-refractivity contribution >= 4 is 39.5 Å². The minimum Gasteiger partial charge on any atom is -0.435 e. The van der Waals surface area contributed by atoms with Gasteiger partial charge in [-0.2, -0.15) is 5.10 Å². The Kier molecular flexibility index (Phi) is 5.87. The molecule has 4 fully saturated rings. The van der Waals surface area contributed by atoms with Crippen LogP contribution in [0.25, 0.3) is 0 Å². The van der Waals surface area contributed by atoms with Gasteiger partial charge in [-0.15, -0.1) is 0 Å². The highest BCUT2D eigenvalue weighted by molar-refractivity contribution is 9.10. The summed E-state index contributed by atoms with van der Waals surface area (Å²) in [4.78, 5) is 38.7. The van der Waals surface area contributed by atoms with Gasteiger partial charge in [0.2, 0.25) is 0 Å². The fourth-order valence-corrected chi connectivity index (χ4v) is 6.06. The average Bonchev–Trinajstić information content (AvgIpc) is 2.72. The van der Waals surface area contributed by atoms with Crippen LogP contribution in [0.15, 0.2) is 27.8 Å². The third-order valence-corrected chi connectivity index (χ3v) is 8.02. The Morgan fingerprint density at radius 2 is 2.00 bits per heavy atom. The van der Waals surface area contributed by atoms with Gasteiger partial charge in [-0.05, 0) is 50.3 Å². The molecule has 0 radical (unpaired) electrons. The third-order valence-electron chi connectivity index (χ3n) is 7.36. The standard InChI is InChI=1S/C23H27BrFN5O4/c1-13(26-19(31)20(32)27-22-9-14(10-22)11-22)12-30-6-4-23(5-7-30)18(28-29-21(33)34-23)16-3-2-15(25)8-17(16)24/h2-3,8,13-14H,4-7,9-12H2,1H3,(H,26,31)(H,27,32)(H,29,33)/t13-,14?,22?/m0/s1. The smallest absolute Gasteiger partial charge is 0.428 e. The molecular weight excluding hydrogens is 509 g/mol. The molecule has 3 N–H and O–H groups in total. The first-order valence-corrected chi connectivity index (χ1v) is 12.3. The van der Waals surface area contributed by atoms with Gasteiger partial charge >= 0.3 is 17.9 Å². The van der Waals surface area contributed by atoms with Crippen molar-refractivity contribution in [3.8, 4) is 0 Å². The van der Waals surface area contributed by atoms with Crippen LogP contribution in [-0.4, -0.2) is 65.3 Å². The quantitative estimate of drug-likeness (QED) is 0.499. The number of hydrogen-bond donors (Lipinski definition) is 3. The van der Waals surface area contributed by atoms with E-state index in [1.54, 1.807) is 6.07 Å². The van der Waals surface area contributed by atoms with E-state index in [-0.39, 0.29) is 17.4 Å². The Hall–Kier alpha value is -2.53. The minimum atomic E-state index is -0.922. The Morgan fingerprint density at radius 1 is 1.29 bits per heavy atom. The van der Waals surface area contributed by atoms with Gasteiger partial charge in [0.15, 0.2) is 5.60 Å². The van der Waals surface area contributed by atoms with Crippen LogP contribution in [0.4, 0.5) is 9.18 Å². The fourth-order valence-electron chi connectivity index (χ4n) is 5.53. The number of nitrogens with one attached hydrogen (secondary N) is 3. The highest BCUT2D eigenvalue weighted by Gasteiger charge is 2.57. The van der Waals surface area contributed by atoms with E-state index < -0.39 is 23.5 Å². The molecule has 9 nitrogen and oxygen atoms in total. The Labute approximate surface area is 205 Å². The predicted octanol–water partition coefficient (Wildman–Crippen LogP) is 2.04. The second kappa shape index (κ2) is 8.60. The van der Waals surface area contributed by atoms with Crippen molar-refractivity contribution in [1.29, 1.82) is 0 Å². The molecule has 1 saturated heterocycles. The topological polar surface area (TPSA) is 112 Å². The molecule has 2 aliphatic heterocycles. The lowest BCUT2D eigenvalue weighted by atomic mass is 9.50. The molecule has 3 amide bonds. The van der Waals surface area contributed by atoms with Crippen molar-refractivity contribution in [2.45, 2.75) is 56.2 Å². The molecule has 34 heavy (non-hydrogen) atoms. The summed E-state index contributed by atoms with van der Waals surface area (Å²) in [6.45, 7) is 3.62. The van der Waals surface area contributed by atoms with E-state index in [2.05, 4.69) is 42.0 Å². The average molecular weight is 536 g/mol. The summed E-state index contributed by atoms with van der Waals surface area (Å²) in [6.07, 6.45) is 3.32. The zero-order valence-electron chi connectivity index (χ0n) is 18.8. The van der Waals surface area contributed by atoms with Crippen molar-refractivity contribution in [2.75, 3.05) is 19.6 Å². The van der Waals surface area contributed by atoms with Crippen molar-refractivity contribution in [3.05, 3.63) is 34.1 Å². The van der Waals surface area contributed by atoms with E-state index in [0.717, 1.165) is 25.2 Å². The first-order valence-electron chi connectivity index (χ1n) is 11.5. The minimum absolute atomic E-state index is 0.130. The van der Waals surface area contributed by atoms with Gasteiger partial charge in [0, 0.05) is 54.1 Å². The van der Waals surface area contributed by atoms with E-state index in [0.29, 0.717) is 48.2 Å². The number of benzene rings is 1. The van der Waals surface area contributed by atoms with Crippen LogP contribution >= 0.6 is 15.9 Å². The summed E-state index contributed by atoms with van der Waals surface area (Å²) >= 11 is 3.38. The lowest BCUT2D eigenvalue weighted by Gasteiger charge is -2.61. The molecule has 1 spiro atoms. The first-order chi connectivity index (χ1) is 16.2. The molecule has 2 heterocycles. The van der Waals surface area contributed by atoms with Crippen molar-refractivity contribution < 1.29 is 23.5 Å². The molecule has 6 rings (SSSR count). The summed E-state index contributed by atoms with van der Waals surface area (Å²) in [6, 6.07) is 4.08. The molecule has 1 aromatic rings. The molecule has 1 atom stereocenters. The molecule has 11 heteroatoms. The van der Waals surface area contributed by atoms with E-state index in [9.17, 15) is 18.8 Å². The van der Waals surface area contributed by atoms with Gasteiger partial charge in [0.25, 0.3) is 0 Å². The number of ether oxygens (including phenoxy) is 1. The Morgan fingerprint density at radius 3 is 2.62 bits per heavy atom. The van der Waals surface area contributed by atoms with Crippen LogP contribution < -0.4 is 16.1 Å². The summed E-state index contributed by atoms with van der Waals surface area (Å²) in [5.41, 5.74) is 2.51. The number of hydrazone groups is 1. The largest absolute Gasteiger partial charge is 0.435 e. The van der Waals surface area contributed by atoms with Gasteiger partial charge < -0.3 is 20.3 Å². The van der Waals surface area contributed by atoms with Crippen LogP contribution in [0.5, 0.6) is 0 Å². The molecular formula is C23H27BrFN5O4. The van der Waals surface area contributed by atoms with Gasteiger partial charge in [0.1, 0.15) is 11.5 Å². The van der Waals surface area contributed by atoms with Crippen molar-refractivity contribution in [3.63, 3.8) is 0 Å². The Balaban J connectivity index is 1.18. The van der Waals surface area contributed by atoms with E-state index in [1.165, 1.54) is 12.1 Å². The summed E-state index contributed by atoms with van der Waals surface area (Å²) in [5, 5.41) is 9.92. The summed E-state index contributed by atoms with van der Waals surface area (Å²) in [7, 11) is 0. The zero-order chi connectivity index (χ0) is 24.1. The maximum atomic E-state index is 13.6. The number of halogens is 2. The van der Waals surface area contributed by atoms with E-state index >= 15 is 0 Å². The van der Waals surface area contributed by atoms with E-state index in [4.69, 9.17) is 4.74 Å². The Bertz CT molecular complexity index is 1050. The van der Waals surface area contributed by atoms with Crippen LogP contribution in [0.1, 0.15) is 44.6 Å². The van der Waals surface area contributed by atoms with Gasteiger partial charge in [-0.3, -0.25) is 9.59 Å². The lowest BCUT2D eigenvalue weighted by Crippen LogP contribution is -2.69. The number of likely N-dealkylation sites (tertiary alicyclic amines) is 1. The van der Waals surface area contributed by atoms with Gasteiger partial charge in [0.05, 0.1) is 0 Å². The molecule has 2 bridgehead atoms. The molecule has 5 aliphatic rings. The van der Waals surface area contributed by atoms with Gasteiger partial charge in [-0.25, -0.2) is 14.6 Å². The zero-order valence-corrected chi connectivity index (χ0v) is 20.4. The highest BCUT2D eigenvalue weighted by atomic mass is 79.9. The fraction of sp³-hybridized carbons (Fsp3) is 0.565. The maximum Gasteiger partial charge on any atom is 0.428 e. The maximum absolute atomic E-state index is 13.6. The summed E-state index contributed by atoms with van der Waals surface area (Å²) in [5.74, 6) is -0.822. The SMILES string of the molecule is C[C@@H](CN1CCC2(CC1)OC(=O)NN=C2c1ccc(F)cc1Br)NC(=O)C(=O)NC12CC(C1)C2. The second-order valence-corrected chi connectivity index (χ2v) is 10.8. The first kappa shape index (κ1) is 23.2. The summed E-state index contributed by atoms with van der Waals surface area (Å²) < 4.78 is 19.9. The number of rotatable bonds is 5. The van der Waals surface area contributed by atoms with Crippen LogP contribution in [-0.2, 0) is 14.3 Å². The normalized spacial score (nSPS) is 27.9. The van der Waals surface area contributed by atoms with Crippen molar-refractivity contribution in [2.24, 2.45) is 11.0 Å². The predicted molar refractivity (Wildman–Crippen MR) is 124 cm³/mol. The van der Waals surface area contributed by atoms with E-state index in [1.807, 2.05) is 6.92 Å². The number of piperidine rings is 1.